The fraction of sp³-hybridized carbons (Fsp3) is 0.167. The molecule has 0 aliphatic heterocycles. The van der Waals surface area contributed by atoms with Gasteiger partial charge in [-0.25, -0.2) is 9.97 Å². The maximum absolute atomic E-state index is 12.1. The van der Waals surface area contributed by atoms with Crippen molar-refractivity contribution in [1.29, 1.82) is 0 Å². The maximum atomic E-state index is 12.1. The van der Waals surface area contributed by atoms with Crippen LogP contribution < -0.4 is 14.8 Å². The minimum atomic E-state index is -0.352. The molecule has 2 N–H and O–H groups in total. The molecule has 8 heteroatoms. The first kappa shape index (κ1) is 13.9. The molecule has 1 aromatic carbocycles. The van der Waals surface area contributed by atoms with Crippen LogP contribution in [0.5, 0.6) is 11.5 Å². The molecule has 0 unspecified atom stereocenters. The molecule has 20 heavy (non-hydrogen) atoms. The van der Waals surface area contributed by atoms with Crippen LogP contribution in [0, 0.1) is 4.77 Å². The molecule has 0 radical (unpaired) electrons. The Morgan fingerprint density at radius 3 is 2.65 bits per heavy atom. The fourth-order valence-corrected chi connectivity index (χ4v) is 1.67. The van der Waals surface area contributed by atoms with E-state index in [1.165, 1.54) is 20.5 Å². The Morgan fingerprint density at radius 2 is 2.00 bits per heavy atom. The van der Waals surface area contributed by atoms with Gasteiger partial charge in [-0.3, -0.25) is 10.1 Å². The number of carbonyl (C=O) groups is 1. The van der Waals surface area contributed by atoms with E-state index in [0.29, 0.717) is 17.1 Å². The summed E-state index contributed by atoms with van der Waals surface area (Å²) in [5, 5.41) is 2.58. The molecule has 2 rings (SSSR count). The van der Waals surface area contributed by atoms with Gasteiger partial charge >= 0.3 is 0 Å². The number of H-pyrrole nitrogens is 1. The summed E-state index contributed by atoms with van der Waals surface area (Å²) < 4.78 is 10.5. The number of aromatic nitrogens is 3. The second-order valence-corrected chi connectivity index (χ2v) is 4.06. The monoisotopic (exact) mass is 292 g/mol. The van der Waals surface area contributed by atoms with Gasteiger partial charge in [-0.15, -0.1) is 0 Å². The number of benzene rings is 1. The van der Waals surface area contributed by atoms with Crippen molar-refractivity contribution in [2.24, 2.45) is 0 Å². The van der Waals surface area contributed by atoms with Crippen LogP contribution in [0.15, 0.2) is 24.5 Å². The number of anilines is 1. The molecule has 1 aromatic heterocycles. The van der Waals surface area contributed by atoms with Crippen molar-refractivity contribution < 1.29 is 14.3 Å². The van der Waals surface area contributed by atoms with Crippen molar-refractivity contribution in [2.45, 2.75) is 0 Å². The van der Waals surface area contributed by atoms with Gasteiger partial charge < -0.3 is 14.5 Å². The molecule has 0 atom stereocenters. The summed E-state index contributed by atoms with van der Waals surface area (Å²) in [6, 6.07) is 4.84. The third kappa shape index (κ3) is 3.09. The van der Waals surface area contributed by atoms with Crippen LogP contribution >= 0.6 is 12.2 Å². The van der Waals surface area contributed by atoms with E-state index in [4.69, 9.17) is 21.7 Å². The first-order valence-electron chi connectivity index (χ1n) is 5.58. The molecule has 104 valence electrons. The second-order valence-electron chi connectivity index (χ2n) is 3.68. The number of nitrogens with zero attached hydrogens (tertiary/aromatic N) is 2. The zero-order valence-electron chi connectivity index (χ0n) is 10.8. The number of hydrogen-bond donors (Lipinski definition) is 2. The summed E-state index contributed by atoms with van der Waals surface area (Å²) >= 11 is 4.85. The van der Waals surface area contributed by atoms with Crippen LogP contribution in [0.2, 0.25) is 0 Å². The first-order chi connectivity index (χ1) is 9.63. The number of ether oxygens (including phenoxy) is 2. The Morgan fingerprint density at radius 1 is 1.25 bits per heavy atom. The predicted octanol–water partition coefficient (Wildman–Crippen LogP) is 1.80. The molecular weight excluding hydrogens is 280 g/mol. The molecule has 1 heterocycles. The summed E-state index contributed by atoms with van der Waals surface area (Å²) in [5.74, 6) is 0.890. The maximum Gasteiger partial charge on any atom is 0.258 e. The Labute approximate surface area is 120 Å². The molecule has 0 spiro atoms. The van der Waals surface area contributed by atoms with Crippen molar-refractivity contribution in [3.05, 3.63) is 34.9 Å². The highest BCUT2D eigenvalue weighted by Crippen LogP contribution is 2.27. The number of rotatable bonds is 4. The van der Waals surface area contributed by atoms with Gasteiger partial charge in [0.2, 0.25) is 10.7 Å². The van der Waals surface area contributed by atoms with Gasteiger partial charge in [0, 0.05) is 5.56 Å². The molecule has 0 aliphatic rings. The lowest BCUT2D eigenvalue weighted by atomic mass is 10.2. The van der Waals surface area contributed by atoms with Gasteiger partial charge in [0.05, 0.1) is 14.2 Å². The number of aromatic amines is 1. The van der Waals surface area contributed by atoms with Gasteiger partial charge in [0.1, 0.15) is 6.33 Å². The van der Waals surface area contributed by atoms with Gasteiger partial charge in [-0.2, -0.15) is 0 Å². The quantitative estimate of drug-likeness (QED) is 0.835. The molecule has 2 aromatic rings. The highest BCUT2D eigenvalue weighted by Gasteiger charge is 2.11. The van der Waals surface area contributed by atoms with E-state index in [1.54, 1.807) is 18.2 Å². The highest BCUT2D eigenvalue weighted by atomic mass is 32.1. The Hall–Kier alpha value is -2.48. The topological polar surface area (TPSA) is 89.1 Å². The van der Waals surface area contributed by atoms with Crippen LogP contribution in [-0.4, -0.2) is 35.1 Å². The average molecular weight is 292 g/mol. The lowest BCUT2D eigenvalue weighted by Crippen LogP contribution is -2.14. The normalized spacial score (nSPS) is 9.90. The molecule has 0 saturated heterocycles. The minimum absolute atomic E-state index is 0.227. The molecule has 7 nitrogen and oxygen atoms in total. The summed E-state index contributed by atoms with van der Waals surface area (Å²) in [7, 11) is 3.03. The zero-order valence-corrected chi connectivity index (χ0v) is 11.7. The van der Waals surface area contributed by atoms with E-state index < -0.39 is 0 Å². The van der Waals surface area contributed by atoms with E-state index in [9.17, 15) is 4.79 Å². The molecular formula is C12H12N4O3S. The van der Waals surface area contributed by atoms with E-state index in [0.717, 1.165) is 0 Å². The van der Waals surface area contributed by atoms with Crippen LogP contribution in [-0.2, 0) is 0 Å². The standard InChI is InChI=1S/C12H12N4O3S/c1-18-8-4-3-7(5-9(8)19-2)10(17)15-11-13-6-14-12(20)16-11/h3-6H,1-2H3,(H2,13,14,15,16,17,20). The summed E-state index contributed by atoms with van der Waals surface area (Å²) in [6.07, 6.45) is 1.27. The largest absolute Gasteiger partial charge is 0.493 e. The first-order valence-corrected chi connectivity index (χ1v) is 5.99. The molecule has 0 saturated carbocycles. The van der Waals surface area contributed by atoms with Crippen molar-refractivity contribution in [3.63, 3.8) is 0 Å². The summed E-state index contributed by atoms with van der Waals surface area (Å²) in [5.41, 5.74) is 0.403. The second kappa shape index (κ2) is 6.11. The van der Waals surface area contributed by atoms with E-state index in [-0.39, 0.29) is 16.6 Å². The SMILES string of the molecule is COc1ccc(C(=O)Nc2ncnc(=S)[nH]2)cc1OC. The van der Waals surface area contributed by atoms with Gasteiger partial charge in [0.15, 0.2) is 11.5 Å². The smallest absolute Gasteiger partial charge is 0.258 e. The van der Waals surface area contributed by atoms with E-state index in [1.807, 2.05) is 0 Å². The minimum Gasteiger partial charge on any atom is -0.493 e. The summed E-state index contributed by atoms with van der Waals surface area (Å²) in [6.45, 7) is 0. The van der Waals surface area contributed by atoms with Crippen molar-refractivity contribution >= 4 is 24.1 Å². The Bertz CT molecular complexity index is 686. The Balaban J connectivity index is 2.23. The third-order valence-corrected chi connectivity index (χ3v) is 2.67. The lowest BCUT2D eigenvalue weighted by Gasteiger charge is -2.09. The number of nitrogens with one attached hydrogen (secondary N) is 2. The predicted molar refractivity (Wildman–Crippen MR) is 74.7 cm³/mol. The fourth-order valence-electron chi connectivity index (χ4n) is 1.53. The molecule has 0 aliphatic carbocycles. The van der Waals surface area contributed by atoms with Crippen LogP contribution in [0.4, 0.5) is 5.95 Å². The molecule has 1 amide bonds. The van der Waals surface area contributed by atoms with Gasteiger partial charge in [0.25, 0.3) is 5.91 Å². The lowest BCUT2D eigenvalue weighted by molar-refractivity contribution is 0.102. The van der Waals surface area contributed by atoms with Crippen LogP contribution in [0.3, 0.4) is 0 Å². The Kier molecular flexibility index (Phi) is 4.26. The van der Waals surface area contributed by atoms with Gasteiger partial charge in [-0.1, -0.05) is 0 Å². The zero-order chi connectivity index (χ0) is 14.5. The summed E-state index contributed by atoms with van der Waals surface area (Å²) in [4.78, 5) is 22.3. The number of amides is 1. The number of methoxy groups -OCH3 is 2. The number of hydrogen-bond acceptors (Lipinski definition) is 6. The average Bonchev–Trinajstić information content (AvgIpc) is 2.46. The van der Waals surface area contributed by atoms with Crippen molar-refractivity contribution in [2.75, 3.05) is 19.5 Å². The van der Waals surface area contributed by atoms with Crippen molar-refractivity contribution in [3.8, 4) is 11.5 Å². The molecule has 0 bridgehead atoms. The van der Waals surface area contributed by atoms with E-state index in [2.05, 4.69) is 20.3 Å². The van der Waals surface area contributed by atoms with Crippen molar-refractivity contribution in [1.82, 2.24) is 15.0 Å². The van der Waals surface area contributed by atoms with Crippen LogP contribution in [0.25, 0.3) is 0 Å². The van der Waals surface area contributed by atoms with E-state index >= 15 is 0 Å². The highest BCUT2D eigenvalue weighted by molar-refractivity contribution is 7.71. The van der Waals surface area contributed by atoms with Crippen LogP contribution in [0.1, 0.15) is 10.4 Å². The third-order valence-electron chi connectivity index (χ3n) is 2.46. The number of carbonyl (C=O) groups excluding carboxylic acids is 1. The van der Waals surface area contributed by atoms with Gasteiger partial charge in [-0.05, 0) is 30.4 Å². The molecule has 0 fully saturated rings.